The molecule has 0 bridgehead atoms. The number of carbonyl (C=O) groups is 2. The molecule has 3 aromatic rings. The molecule has 0 unspecified atom stereocenters. The summed E-state index contributed by atoms with van der Waals surface area (Å²) in [6, 6.07) is 13.5. The Morgan fingerprint density at radius 2 is 1.70 bits per heavy atom. The maximum absolute atomic E-state index is 13.3. The van der Waals surface area contributed by atoms with Crippen molar-refractivity contribution in [2.45, 2.75) is 77.8 Å². The lowest BCUT2D eigenvalue weighted by molar-refractivity contribution is -0.142. The molecule has 2 amide bonds. The summed E-state index contributed by atoms with van der Waals surface area (Å²) in [6.45, 7) is 9.70. The molecule has 216 valence electrons. The Balaban J connectivity index is 1.90. The Bertz CT molecular complexity index is 1410. The van der Waals surface area contributed by atoms with Crippen LogP contribution in [0.25, 0.3) is 11.1 Å². The van der Waals surface area contributed by atoms with E-state index in [1.807, 2.05) is 38.1 Å². The first-order chi connectivity index (χ1) is 19.0. The monoisotopic (exact) mass is 568 g/mol. The van der Waals surface area contributed by atoms with Crippen molar-refractivity contribution in [2.24, 2.45) is 5.92 Å². The molecule has 0 fully saturated rings. The van der Waals surface area contributed by atoms with E-state index in [4.69, 9.17) is 4.52 Å². The van der Waals surface area contributed by atoms with Crippen LogP contribution in [0.4, 0.5) is 5.88 Å². The highest BCUT2D eigenvalue weighted by Gasteiger charge is 2.31. The minimum absolute atomic E-state index is 0.0553. The molecule has 10 heteroatoms. The van der Waals surface area contributed by atoms with Crippen molar-refractivity contribution in [2.75, 3.05) is 11.8 Å². The van der Waals surface area contributed by atoms with E-state index in [2.05, 4.69) is 22.1 Å². The fraction of sp³-hybridized carbons (Fsp3) is 0.433. The van der Waals surface area contributed by atoms with Crippen LogP contribution in [0, 0.1) is 19.8 Å². The van der Waals surface area contributed by atoms with Gasteiger partial charge in [-0.05, 0) is 43.4 Å². The van der Waals surface area contributed by atoms with Crippen LogP contribution in [-0.4, -0.2) is 43.4 Å². The number of amides is 2. The molecule has 0 aliphatic carbocycles. The highest BCUT2D eigenvalue weighted by atomic mass is 32.2. The Labute approximate surface area is 237 Å². The smallest absolute Gasteiger partial charge is 0.264 e. The van der Waals surface area contributed by atoms with Crippen LogP contribution in [0.1, 0.15) is 63.3 Å². The Morgan fingerprint density at radius 1 is 1.02 bits per heavy atom. The third kappa shape index (κ3) is 7.29. The highest BCUT2D eigenvalue weighted by molar-refractivity contribution is 7.92. The van der Waals surface area contributed by atoms with Crippen molar-refractivity contribution in [3.8, 4) is 11.1 Å². The summed E-state index contributed by atoms with van der Waals surface area (Å²) in [5, 5.41) is 6.53. The largest absolute Gasteiger partial charge is 0.357 e. The number of anilines is 1. The predicted octanol–water partition coefficient (Wildman–Crippen LogP) is 5.44. The van der Waals surface area contributed by atoms with Gasteiger partial charge in [-0.1, -0.05) is 81.2 Å². The van der Waals surface area contributed by atoms with Crippen molar-refractivity contribution in [3.63, 3.8) is 0 Å². The first kappa shape index (κ1) is 30.9. The summed E-state index contributed by atoms with van der Waals surface area (Å²) in [5.41, 5.74) is 3.29. The molecule has 0 aliphatic heterocycles. The van der Waals surface area contributed by atoms with Gasteiger partial charge in [-0.3, -0.25) is 9.59 Å². The van der Waals surface area contributed by atoms with Crippen LogP contribution in [0.15, 0.2) is 57.9 Å². The van der Waals surface area contributed by atoms with Gasteiger partial charge in [0, 0.05) is 31.1 Å². The second-order valence-electron chi connectivity index (χ2n) is 10.3. The van der Waals surface area contributed by atoms with E-state index in [0.29, 0.717) is 28.8 Å². The summed E-state index contributed by atoms with van der Waals surface area (Å²) in [7, 11) is -2.39. The summed E-state index contributed by atoms with van der Waals surface area (Å²) < 4.78 is 34.3. The second kappa shape index (κ2) is 13.6. The molecule has 1 heterocycles. The van der Waals surface area contributed by atoms with E-state index in [1.54, 1.807) is 44.0 Å². The number of unbranched alkanes of at least 4 members (excludes halogenated alkanes) is 2. The van der Waals surface area contributed by atoms with Crippen LogP contribution in [0.5, 0.6) is 0 Å². The molecule has 2 aromatic carbocycles. The predicted molar refractivity (Wildman–Crippen MR) is 156 cm³/mol. The van der Waals surface area contributed by atoms with Crippen molar-refractivity contribution in [1.29, 1.82) is 0 Å². The number of nitrogens with zero attached hydrogens (tertiary/aromatic N) is 2. The zero-order valence-electron chi connectivity index (χ0n) is 24.2. The molecule has 0 spiro atoms. The van der Waals surface area contributed by atoms with Crippen molar-refractivity contribution in [3.05, 3.63) is 65.4 Å². The lowest BCUT2D eigenvalue weighted by atomic mass is 9.98. The SMILES string of the molecule is CCCCCC(=O)N(Cc1ccc(-c2ccccc2S(=O)(=O)Nc2onc(C)c2C)cc1)[C@H](C(=O)NC)C(C)C. The summed E-state index contributed by atoms with van der Waals surface area (Å²) in [6.07, 6.45) is 3.11. The number of rotatable bonds is 13. The molecule has 40 heavy (non-hydrogen) atoms. The Morgan fingerprint density at radius 3 is 2.27 bits per heavy atom. The van der Waals surface area contributed by atoms with Crippen LogP contribution >= 0.6 is 0 Å². The van der Waals surface area contributed by atoms with Crippen molar-refractivity contribution in [1.82, 2.24) is 15.4 Å². The first-order valence-corrected chi connectivity index (χ1v) is 15.1. The topological polar surface area (TPSA) is 122 Å². The number of sulfonamides is 1. The van der Waals surface area contributed by atoms with E-state index >= 15 is 0 Å². The molecular weight excluding hydrogens is 528 g/mol. The van der Waals surface area contributed by atoms with Crippen LogP contribution in [0.2, 0.25) is 0 Å². The van der Waals surface area contributed by atoms with Crippen LogP contribution in [0.3, 0.4) is 0 Å². The normalized spacial score (nSPS) is 12.3. The fourth-order valence-electron chi connectivity index (χ4n) is 4.58. The molecule has 1 aromatic heterocycles. The molecular formula is C30H40N4O5S. The molecule has 0 aliphatic rings. The van der Waals surface area contributed by atoms with E-state index in [1.165, 1.54) is 6.07 Å². The molecule has 2 N–H and O–H groups in total. The number of aromatic nitrogens is 1. The summed E-state index contributed by atoms with van der Waals surface area (Å²) >= 11 is 0. The average Bonchev–Trinajstić information content (AvgIpc) is 3.24. The quantitative estimate of drug-likeness (QED) is 0.265. The third-order valence-corrected chi connectivity index (χ3v) is 8.36. The summed E-state index contributed by atoms with van der Waals surface area (Å²) in [5.74, 6) is -0.238. The molecule has 0 radical (unpaired) electrons. The number of carbonyl (C=O) groups excluding carboxylic acids is 2. The zero-order valence-corrected chi connectivity index (χ0v) is 25.0. The highest BCUT2D eigenvalue weighted by Crippen LogP contribution is 2.30. The van der Waals surface area contributed by atoms with E-state index in [9.17, 15) is 18.0 Å². The van der Waals surface area contributed by atoms with Crippen molar-refractivity contribution < 1.29 is 22.5 Å². The third-order valence-electron chi connectivity index (χ3n) is 6.98. The van der Waals surface area contributed by atoms with Crippen LogP contribution < -0.4 is 10.0 Å². The number of nitrogens with one attached hydrogen (secondary N) is 2. The number of likely N-dealkylation sites (N-methyl/N-ethyl adjacent to an activating group) is 1. The van der Waals surface area contributed by atoms with Gasteiger partial charge in [0.05, 0.1) is 10.6 Å². The Kier molecular flexibility index (Phi) is 10.5. The Hall–Kier alpha value is -3.66. The maximum Gasteiger partial charge on any atom is 0.264 e. The maximum atomic E-state index is 13.3. The molecule has 0 saturated carbocycles. The lowest BCUT2D eigenvalue weighted by Crippen LogP contribution is -2.51. The van der Waals surface area contributed by atoms with Gasteiger partial charge in [0.25, 0.3) is 10.0 Å². The number of benzene rings is 2. The van der Waals surface area contributed by atoms with Crippen molar-refractivity contribution >= 4 is 27.7 Å². The average molecular weight is 569 g/mol. The number of aryl methyl sites for hydroxylation is 1. The standard InChI is InChI=1S/C30H40N4O5S/c1-7-8-9-14-27(35)34(28(20(2)3)29(36)31-6)19-23-15-17-24(18-16-23)25-12-10-11-13-26(25)40(37,38)33-30-21(4)22(5)32-39-30/h10-13,15-18,20,28,33H,7-9,14,19H2,1-6H3,(H,31,36)/t28-/m0/s1. The zero-order chi connectivity index (χ0) is 29.4. The minimum atomic E-state index is -3.97. The number of hydrogen-bond donors (Lipinski definition) is 2. The number of hydrogen-bond acceptors (Lipinski definition) is 6. The van der Waals surface area contributed by atoms with E-state index in [-0.39, 0.29) is 35.1 Å². The van der Waals surface area contributed by atoms with Gasteiger partial charge in [-0.25, -0.2) is 13.1 Å². The van der Waals surface area contributed by atoms with Crippen LogP contribution in [-0.2, 0) is 26.2 Å². The van der Waals surface area contributed by atoms with Gasteiger partial charge >= 0.3 is 0 Å². The minimum Gasteiger partial charge on any atom is -0.357 e. The van der Waals surface area contributed by atoms with Gasteiger partial charge in [0.2, 0.25) is 17.7 Å². The van der Waals surface area contributed by atoms with Gasteiger partial charge in [0.15, 0.2) is 0 Å². The first-order valence-electron chi connectivity index (χ1n) is 13.6. The lowest BCUT2D eigenvalue weighted by Gasteiger charge is -2.33. The van der Waals surface area contributed by atoms with Gasteiger partial charge in [-0.15, -0.1) is 0 Å². The van der Waals surface area contributed by atoms with E-state index < -0.39 is 16.1 Å². The molecule has 0 saturated heterocycles. The van der Waals surface area contributed by atoms with Gasteiger partial charge in [-0.2, -0.15) is 0 Å². The van der Waals surface area contributed by atoms with Gasteiger partial charge in [0.1, 0.15) is 6.04 Å². The fourth-order valence-corrected chi connectivity index (χ4v) is 5.85. The molecule has 1 atom stereocenters. The van der Waals surface area contributed by atoms with Gasteiger partial charge < -0.3 is 14.7 Å². The second-order valence-corrected chi connectivity index (χ2v) is 12.0. The van der Waals surface area contributed by atoms with E-state index in [0.717, 1.165) is 24.8 Å². The molecule has 3 rings (SSSR count). The summed E-state index contributed by atoms with van der Waals surface area (Å²) in [4.78, 5) is 27.8. The molecule has 9 nitrogen and oxygen atoms in total.